The van der Waals surface area contributed by atoms with Crippen molar-refractivity contribution in [2.24, 2.45) is 0 Å². The van der Waals surface area contributed by atoms with E-state index in [-0.39, 0.29) is 12.3 Å². The highest BCUT2D eigenvalue weighted by Crippen LogP contribution is 2.37. The molecule has 0 aliphatic rings. The van der Waals surface area contributed by atoms with Gasteiger partial charge >= 0.3 is 5.97 Å². The number of aromatic nitrogens is 2. The number of carbonyl (C=O) groups excluding carboxylic acids is 1. The predicted octanol–water partition coefficient (Wildman–Crippen LogP) is 4.79. The molecule has 4 rings (SSSR count). The van der Waals surface area contributed by atoms with Gasteiger partial charge in [-0.25, -0.2) is 4.79 Å². The molecule has 29 heavy (non-hydrogen) atoms. The van der Waals surface area contributed by atoms with Crippen molar-refractivity contribution in [3.8, 4) is 11.5 Å². The predicted molar refractivity (Wildman–Crippen MR) is 112 cm³/mol. The molecule has 0 saturated carbocycles. The zero-order valence-corrected chi connectivity index (χ0v) is 17.8. The summed E-state index contributed by atoms with van der Waals surface area (Å²) in [6.45, 7) is 2.47. The highest BCUT2D eigenvalue weighted by Gasteiger charge is 2.25. The van der Waals surface area contributed by atoms with Crippen molar-refractivity contribution in [3.63, 3.8) is 0 Å². The molecule has 0 aliphatic carbocycles. The van der Waals surface area contributed by atoms with Crippen LogP contribution in [0.25, 0.3) is 22.1 Å². The molecule has 0 atom stereocenters. The fraction of sp³-hybridized carbons (Fsp3) is 0.238. The summed E-state index contributed by atoms with van der Waals surface area (Å²) in [7, 11) is 3.21. The van der Waals surface area contributed by atoms with E-state index >= 15 is 0 Å². The molecule has 0 saturated heterocycles. The van der Waals surface area contributed by atoms with Crippen LogP contribution in [0.15, 0.2) is 45.3 Å². The molecule has 0 radical (unpaired) electrons. The van der Waals surface area contributed by atoms with Crippen LogP contribution in [-0.2, 0) is 11.3 Å². The third-order valence-corrected chi connectivity index (χ3v) is 5.21. The van der Waals surface area contributed by atoms with E-state index in [4.69, 9.17) is 18.6 Å². The zero-order valence-electron chi connectivity index (χ0n) is 16.2. The quantitative estimate of drug-likeness (QED) is 0.386. The molecule has 0 N–H and O–H groups in total. The van der Waals surface area contributed by atoms with Crippen LogP contribution in [0.1, 0.15) is 23.0 Å². The highest BCUT2D eigenvalue weighted by atomic mass is 79.9. The molecule has 0 fully saturated rings. The summed E-state index contributed by atoms with van der Waals surface area (Å²) in [5.74, 6) is 0.897. The minimum atomic E-state index is -0.518. The van der Waals surface area contributed by atoms with Crippen molar-refractivity contribution in [1.82, 2.24) is 9.78 Å². The van der Waals surface area contributed by atoms with E-state index in [9.17, 15) is 4.79 Å². The zero-order chi connectivity index (χ0) is 20.5. The van der Waals surface area contributed by atoms with E-state index in [1.54, 1.807) is 31.9 Å². The van der Waals surface area contributed by atoms with Gasteiger partial charge in [0.1, 0.15) is 22.6 Å². The molecular formula is C21H19BrN2O5. The minimum absolute atomic E-state index is 0.154. The van der Waals surface area contributed by atoms with Crippen LogP contribution < -0.4 is 9.47 Å². The summed E-state index contributed by atoms with van der Waals surface area (Å²) in [5, 5.41) is 5.32. The summed E-state index contributed by atoms with van der Waals surface area (Å²) < 4.78 is 24.3. The van der Waals surface area contributed by atoms with Crippen LogP contribution >= 0.6 is 15.9 Å². The van der Waals surface area contributed by atoms with E-state index in [1.807, 2.05) is 30.3 Å². The molecule has 2 aromatic heterocycles. The maximum Gasteiger partial charge on any atom is 0.362 e. The molecule has 2 heterocycles. The second-order valence-electron chi connectivity index (χ2n) is 6.34. The van der Waals surface area contributed by atoms with Gasteiger partial charge in [0.05, 0.1) is 31.8 Å². The van der Waals surface area contributed by atoms with E-state index in [2.05, 4.69) is 21.0 Å². The monoisotopic (exact) mass is 458 g/mol. The van der Waals surface area contributed by atoms with E-state index < -0.39 is 5.97 Å². The van der Waals surface area contributed by atoms with Crippen molar-refractivity contribution < 1.29 is 23.4 Å². The second-order valence-corrected chi connectivity index (χ2v) is 7.19. The van der Waals surface area contributed by atoms with Crippen molar-refractivity contribution in [1.29, 1.82) is 0 Å². The highest BCUT2D eigenvalue weighted by molar-refractivity contribution is 9.10. The molecule has 0 amide bonds. The maximum absolute atomic E-state index is 12.5. The van der Waals surface area contributed by atoms with Crippen LogP contribution in [0.4, 0.5) is 0 Å². The molecule has 0 spiro atoms. The van der Waals surface area contributed by atoms with Crippen LogP contribution in [0, 0.1) is 0 Å². The Kier molecular flexibility index (Phi) is 5.19. The number of methoxy groups -OCH3 is 2. The molecule has 0 bridgehead atoms. The van der Waals surface area contributed by atoms with Crippen molar-refractivity contribution in [2.75, 3.05) is 20.8 Å². The van der Waals surface area contributed by atoms with Crippen LogP contribution in [-0.4, -0.2) is 36.6 Å². The Labute approximate surface area is 175 Å². The third-order valence-electron chi connectivity index (χ3n) is 4.59. The van der Waals surface area contributed by atoms with Gasteiger partial charge in [0.15, 0.2) is 5.58 Å². The number of rotatable bonds is 6. The number of ether oxygens (including phenoxy) is 3. The number of halogens is 1. The van der Waals surface area contributed by atoms with Crippen molar-refractivity contribution in [3.05, 3.63) is 52.1 Å². The lowest BCUT2D eigenvalue weighted by Gasteiger charge is -2.06. The summed E-state index contributed by atoms with van der Waals surface area (Å²) in [6, 6.07) is 11.4. The average Bonchev–Trinajstić information content (AvgIpc) is 3.25. The number of nitrogens with zero attached hydrogens (tertiary/aromatic N) is 2. The first-order valence-electron chi connectivity index (χ1n) is 9.02. The summed E-state index contributed by atoms with van der Waals surface area (Å²) in [4.78, 5) is 12.5. The number of hydrogen-bond donors (Lipinski definition) is 0. The average molecular weight is 459 g/mol. The first-order chi connectivity index (χ1) is 14.0. The topological polar surface area (TPSA) is 75.7 Å². The summed E-state index contributed by atoms with van der Waals surface area (Å²) >= 11 is 3.51. The number of carbonyl (C=O) groups is 1. The maximum atomic E-state index is 12.5. The van der Waals surface area contributed by atoms with Gasteiger partial charge in [-0.05, 0) is 46.6 Å². The Morgan fingerprint density at radius 1 is 1.17 bits per heavy atom. The third kappa shape index (κ3) is 3.44. The van der Waals surface area contributed by atoms with Crippen molar-refractivity contribution >= 4 is 44.0 Å². The summed E-state index contributed by atoms with van der Waals surface area (Å²) in [6.07, 6.45) is 0. The Hall–Kier alpha value is -3.00. The lowest BCUT2D eigenvalue weighted by molar-refractivity contribution is 0.0519. The van der Waals surface area contributed by atoms with Gasteiger partial charge in [-0.1, -0.05) is 12.1 Å². The number of furan rings is 1. The SMILES string of the molecule is CCOC(=O)c1nn(Cc2ccc(OC)cc2)c2c1oc1cc(OC)c(Br)cc12. The number of fused-ring (bicyclic) bond motifs is 3. The Morgan fingerprint density at radius 2 is 1.93 bits per heavy atom. The van der Waals surface area contributed by atoms with Gasteiger partial charge in [-0.3, -0.25) is 4.68 Å². The fourth-order valence-corrected chi connectivity index (χ4v) is 3.73. The number of hydrogen-bond acceptors (Lipinski definition) is 6. The van der Waals surface area contributed by atoms with Crippen LogP contribution in [0.5, 0.6) is 11.5 Å². The normalized spacial score (nSPS) is 11.2. The van der Waals surface area contributed by atoms with E-state index in [0.29, 0.717) is 23.5 Å². The molecular weight excluding hydrogens is 440 g/mol. The molecule has 0 unspecified atom stereocenters. The fourth-order valence-electron chi connectivity index (χ4n) is 3.23. The second kappa shape index (κ2) is 7.79. The van der Waals surface area contributed by atoms with Gasteiger partial charge in [-0.2, -0.15) is 5.10 Å². The largest absolute Gasteiger partial charge is 0.497 e. The lowest BCUT2D eigenvalue weighted by Crippen LogP contribution is -2.08. The van der Waals surface area contributed by atoms with Gasteiger partial charge < -0.3 is 18.6 Å². The molecule has 2 aromatic carbocycles. The van der Waals surface area contributed by atoms with E-state index in [1.165, 1.54) is 0 Å². The van der Waals surface area contributed by atoms with Gasteiger partial charge in [0, 0.05) is 11.5 Å². The molecule has 150 valence electrons. The lowest BCUT2D eigenvalue weighted by atomic mass is 10.2. The first kappa shape index (κ1) is 19.3. The van der Waals surface area contributed by atoms with Crippen LogP contribution in [0.2, 0.25) is 0 Å². The minimum Gasteiger partial charge on any atom is -0.497 e. The van der Waals surface area contributed by atoms with Gasteiger partial charge in [-0.15, -0.1) is 0 Å². The number of benzene rings is 2. The Bertz CT molecular complexity index is 1190. The smallest absolute Gasteiger partial charge is 0.362 e. The number of esters is 1. The standard InChI is InChI=1S/C21H19BrN2O5/c1-4-28-21(25)18-20-19(14-9-15(22)17(27-3)10-16(14)29-20)24(23-18)11-12-5-7-13(26-2)8-6-12/h5-10H,4,11H2,1-3H3. The first-order valence-corrected chi connectivity index (χ1v) is 9.81. The van der Waals surface area contributed by atoms with Gasteiger partial charge in [0.25, 0.3) is 0 Å². The Balaban J connectivity index is 1.90. The van der Waals surface area contributed by atoms with Crippen molar-refractivity contribution in [2.45, 2.75) is 13.5 Å². The Morgan fingerprint density at radius 3 is 2.59 bits per heavy atom. The molecule has 8 heteroatoms. The van der Waals surface area contributed by atoms with Gasteiger partial charge in [0.2, 0.25) is 5.69 Å². The van der Waals surface area contributed by atoms with Crippen LogP contribution in [0.3, 0.4) is 0 Å². The van der Waals surface area contributed by atoms with E-state index in [0.717, 1.165) is 26.7 Å². The molecule has 7 nitrogen and oxygen atoms in total. The molecule has 0 aliphatic heterocycles. The molecule has 4 aromatic rings. The summed E-state index contributed by atoms with van der Waals surface area (Å²) in [5.41, 5.74) is 2.88.